The van der Waals surface area contributed by atoms with Crippen LogP contribution in [-0.4, -0.2) is 23.1 Å². The molecule has 2 unspecified atom stereocenters. The molecule has 4 rings (SSSR count). The van der Waals surface area contributed by atoms with E-state index >= 15 is 0 Å². The van der Waals surface area contributed by atoms with Crippen LogP contribution in [0.3, 0.4) is 0 Å². The second-order valence-corrected chi connectivity index (χ2v) is 7.24. The van der Waals surface area contributed by atoms with Gasteiger partial charge in [0.15, 0.2) is 5.78 Å². The first-order valence-corrected chi connectivity index (χ1v) is 9.74. The van der Waals surface area contributed by atoms with Crippen LogP contribution in [0.5, 0.6) is 0 Å². The van der Waals surface area contributed by atoms with E-state index in [1.165, 1.54) is 0 Å². The van der Waals surface area contributed by atoms with Gasteiger partial charge in [0.25, 0.3) is 5.91 Å². The fraction of sp³-hybridized carbons (Fsp3) is 0.200. The summed E-state index contributed by atoms with van der Waals surface area (Å²) in [7, 11) is 0. The third kappa shape index (κ3) is 3.74. The minimum absolute atomic E-state index is 0.0278. The van der Waals surface area contributed by atoms with Gasteiger partial charge < -0.3 is 4.90 Å². The number of Topliss-reactive ketones (excluding diaryl/α,β-unsaturated/α-hetero) is 1. The van der Waals surface area contributed by atoms with Crippen LogP contribution in [0.2, 0.25) is 0 Å². The van der Waals surface area contributed by atoms with E-state index in [0.29, 0.717) is 24.9 Å². The van der Waals surface area contributed by atoms with Crippen LogP contribution in [0.25, 0.3) is 0 Å². The average molecular weight is 369 g/mol. The highest BCUT2D eigenvalue weighted by Crippen LogP contribution is 2.36. The zero-order valence-electron chi connectivity index (χ0n) is 15.7. The minimum atomic E-state index is -0.0969. The first kappa shape index (κ1) is 18.2. The Labute approximate surface area is 165 Å². The van der Waals surface area contributed by atoms with Gasteiger partial charge in [-0.15, -0.1) is 0 Å². The summed E-state index contributed by atoms with van der Waals surface area (Å²) in [6, 6.07) is 28.8. The first-order valence-electron chi connectivity index (χ1n) is 9.74. The number of ketones is 1. The summed E-state index contributed by atoms with van der Waals surface area (Å²) in [5, 5.41) is 0. The van der Waals surface area contributed by atoms with Gasteiger partial charge in [0.1, 0.15) is 0 Å². The van der Waals surface area contributed by atoms with Crippen LogP contribution in [0.15, 0.2) is 91.0 Å². The minimum Gasteiger partial charge on any atom is -0.332 e. The lowest BCUT2D eigenvalue weighted by Crippen LogP contribution is -2.42. The van der Waals surface area contributed by atoms with E-state index in [-0.39, 0.29) is 23.7 Å². The summed E-state index contributed by atoms with van der Waals surface area (Å²) >= 11 is 0. The molecular formula is C25H23NO2. The molecule has 0 N–H and O–H groups in total. The maximum atomic E-state index is 13.2. The molecule has 1 aliphatic heterocycles. The summed E-state index contributed by atoms with van der Waals surface area (Å²) in [5.41, 5.74) is 2.52. The molecule has 140 valence electrons. The van der Waals surface area contributed by atoms with E-state index in [9.17, 15) is 9.59 Å². The lowest BCUT2D eigenvalue weighted by Gasteiger charge is -2.39. The SMILES string of the molecule is O=C(c1ccccc1)C1CCN(C(=O)c2ccccc2)C(c2ccccc2)C1. The van der Waals surface area contributed by atoms with Gasteiger partial charge in [-0.2, -0.15) is 0 Å². The Morgan fingerprint density at radius 1 is 0.714 bits per heavy atom. The van der Waals surface area contributed by atoms with E-state index in [1.54, 1.807) is 0 Å². The second kappa shape index (κ2) is 8.22. The summed E-state index contributed by atoms with van der Waals surface area (Å²) in [4.78, 5) is 28.1. The van der Waals surface area contributed by atoms with Gasteiger partial charge in [0.05, 0.1) is 6.04 Å². The van der Waals surface area contributed by atoms with Gasteiger partial charge in [0, 0.05) is 23.6 Å². The van der Waals surface area contributed by atoms with Crippen molar-refractivity contribution in [2.24, 2.45) is 5.92 Å². The number of carbonyl (C=O) groups is 2. The van der Waals surface area contributed by atoms with Gasteiger partial charge in [-0.1, -0.05) is 78.9 Å². The molecule has 0 aliphatic carbocycles. The molecule has 0 saturated carbocycles. The smallest absolute Gasteiger partial charge is 0.254 e. The van der Waals surface area contributed by atoms with Crippen LogP contribution in [0.4, 0.5) is 0 Å². The number of benzene rings is 3. The van der Waals surface area contributed by atoms with E-state index in [2.05, 4.69) is 0 Å². The predicted octanol–water partition coefficient (Wildman–Crippen LogP) is 5.16. The molecule has 2 atom stereocenters. The van der Waals surface area contributed by atoms with Gasteiger partial charge in [-0.25, -0.2) is 0 Å². The average Bonchev–Trinajstić information content (AvgIpc) is 2.79. The van der Waals surface area contributed by atoms with Crippen molar-refractivity contribution in [2.45, 2.75) is 18.9 Å². The Morgan fingerprint density at radius 2 is 1.25 bits per heavy atom. The highest BCUT2D eigenvalue weighted by Gasteiger charge is 2.36. The molecule has 0 radical (unpaired) electrons. The molecule has 1 amide bonds. The van der Waals surface area contributed by atoms with Crippen molar-refractivity contribution in [3.63, 3.8) is 0 Å². The number of hydrogen-bond donors (Lipinski definition) is 0. The highest BCUT2D eigenvalue weighted by atomic mass is 16.2. The standard InChI is InChI=1S/C25H23NO2/c27-24(20-12-6-2-7-13-20)22-16-17-26(25(28)21-14-8-3-9-15-21)23(18-22)19-10-4-1-5-11-19/h1-15,22-23H,16-18H2. The van der Waals surface area contributed by atoms with E-state index in [4.69, 9.17) is 0 Å². The van der Waals surface area contributed by atoms with Crippen molar-refractivity contribution in [1.82, 2.24) is 4.90 Å². The van der Waals surface area contributed by atoms with Crippen molar-refractivity contribution in [1.29, 1.82) is 0 Å². The van der Waals surface area contributed by atoms with E-state index in [0.717, 1.165) is 11.1 Å². The number of likely N-dealkylation sites (tertiary alicyclic amines) is 1. The van der Waals surface area contributed by atoms with Gasteiger partial charge in [-0.05, 0) is 30.5 Å². The fourth-order valence-electron chi connectivity index (χ4n) is 4.02. The molecule has 1 fully saturated rings. The molecule has 1 heterocycles. The lowest BCUT2D eigenvalue weighted by molar-refractivity contribution is 0.0512. The van der Waals surface area contributed by atoms with Crippen LogP contribution in [-0.2, 0) is 0 Å². The van der Waals surface area contributed by atoms with Gasteiger partial charge in [0.2, 0.25) is 0 Å². The molecule has 1 aliphatic rings. The Kier molecular flexibility index (Phi) is 5.34. The normalized spacial score (nSPS) is 19.2. The molecular weight excluding hydrogens is 346 g/mol. The Morgan fingerprint density at radius 3 is 1.86 bits per heavy atom. The number of hydrogen-bond acceptors (Lipinski definition) is 2. The molecule has 3 aromatic rings. The third-order valence-corrected chi connectivity index (χ3v) is 5.50. The summed E-state index contributed by atoms with van der Waals surface area (Å²) < 4.78 is 0. The van der Waals surface area contributed by atoms with E-state index in [1.807, 2.05) is 95.9 Å². The van der Waals surface area contributed by atoms with Gasteiger partial charge in [-0.3, -0.25) is 9.59 Å². The van der Waals surface area contributed by atoms with Gasteiger partial charge >= 0.3 is 0 Å². The zero-order valence-corrected chi connectivity index (χ0v) is 15.7. The molecule has 3 aromatic carbocycles. The molecule has 3 heteroatoms. The maximum absolute atomic E-state index is 13.2. The topological polar surface area (TPSA) is 37.4 Å². The van der Waals surface area contributed by atoms with Crippen molar-refractivity contribution in [3.8, 4) is 0 Å². The quantitative estimate of drug-likeness (QED) is 0.596. The molecule has 1 saturated heterocycles. The Bertz CT molecular complexity index is 938. The lowest BCUT2D eigenvalue weighted by atomic mass is 9.82. The van der Waals surface area contributed by atoms with E-state index < -0.39 is 0 Å². The van der Waals surface area contributed by atoms with Crippen molar-refractivity contribution in [3.05, 3.63) is 108 Å². The first-order chi connectivity index (χ1) is 13.7. The second-order valence-electron chi connectivity index (χ2n) is 7.24. The van der Waals surface area contributed by atoms with Crippen LogP contribution in [0.1, 0.15) is 45.2 Å². The Hall–Kier alpha value is -3.20. The number of nitrogens with zero attached hydrogens (tertiary/aromatic N) is 1. The van der Waals surface area contributed by atoms with Crippen LogP contribution in [0, 0.1) is 5.92 Å². The van der Waals surface area contributed by atoms with Crippen molar-refractivity contribution >= 4 is 11.7 Å². The molecule has 0 spiro atoms. The van der Waals surface area contributed by atoms with Crippen molar-refractivity contribution < 1.29 is 9.59 Å². The predicted molar refractivity (Wildman–Crippen MR) is 110 cm³/mol. The molecule has 28 heavy (non-hydrogen) atoms. The van der Waals surface area contributed by atoms with Crippen LogP contribution >= 0.6 is 0 Å². The summed E-state index contributed by atoms with van der Waals surface area (Å²) in [5.74, 6) is 0.126. The maximum Gasteiger partial charge on any atom is 0.254 e. The number of amides is 1. The monoisotopic (exact) mass is 369 g/mol. The summed E-state index contributed by atoms with van der Waals surface area (Å²) in [6.45, 7) is 0.580. The van der Waals surface area contributed by atoms with Crippen molar-refractivity contribution in [2.75, 3.05) is 6.54 Å². The molecule has 0 aromatic heterocycles. The number of piperidine rings is 1. The number of rotatable bonds is 4. The zero-order chi connectivity index (χ0) is 19.3. The van der Waals surface area contributed by atoms with Crippen LogP contribution < -0.4 is 0 Å². The fourth-order valence-corrected chi connectivity index (χ4v) is 4.02. The molecule has 0 bridgehead atoms. The number of carbonyl (C=O) groups excluding carboxylic acids is 2. The molecule has 3 nitrogen and oxygen atoms in total. The largest absolute Gasteiger partial charge is 0.332 e. The summed E-state index contributed by atoms with van der Waals surface area (Å²) in [6.07, 6.45) is 1.34. The Balaban J connectivity index is 1.62. The highest BCUT2D eigenvalue weighted by molar-refractivity contribution is 5.98. The third-order valence-electron chi connectivity index (χ3n) is 5.50.